The van der Waals surface area contributed by atoms with Crippen molar-refractivity contribution in [2.24, 2.45) is 0 Å². The molecule has 0 rings (SSSR count). The summed E-state index contributed by atoms with van der Waals surface area (Å²) in [5, 5.41) is 2.77. The fourth-order valence-electron chi connectivity index (χ4n) is 3.08. The number of carbonyl (C=O) groups excluding carboxylic acids is 1. The lowest BCUT2D eigenvalue weighted by molar-refractivity contribution is -0.223. The second-order valence-electron chi connectivity index (χ2n) is 8.08. The van der Waals surface area contributed by atoms with E-state index in [0.717, 1.165) is 45.6 Å². The van der Waals surface area contributed by atoms with Crippen LogP contribution in [-0.4, -0.2) is 86.3 Å². The average Bonchev–Trinajstić information content (AvgIpc) is 2.84. The summed E-state index contributed by atoms with van der Waals surface area (Å²) in [4.78, 5) is 22.9. The Morgan fingerprint density at radius 1 is 0.771 bits per heavy atom. The van der Waals surface area contributed by atoms with Crippen LogP contribution in [0.4, 0.5) is 4.79 Å². The standard InChI is InChI=1S/C23H48NO10P/c1-28-16-18-31-20-22(32-19-17-29-2)21-33-23(25)24-14-12-10-8-6-4-5-7-9-11-13-15-34-35(26,27)30-3/h22H,4-21H2,1-3H3,(H,24,25)(H,26,27)/p-1. The normalized spacial score (nSPS) is 13.9. The first-order chi connectivity index (χ1) is 16.9. The Hall–Kier alpha value is -0.780. The van der Waals surface area contributed by atoms with Crippen LogP contribution in [0.3, 0.4) is 0 Å². The second-order valence-corrected chi connectivity index (χ2v) is 9.59. The highest BCUT2D eigenvalue weighted by Gasteiger charge is 2.13. The van der Waals surface area contributed by atoms with Crippen LogP contribution in [0.2, 0.25) is 0 Å². The van der Waals surface area contributed by atoms with E-state index >= 15 is 0 Å². The minimum atomic E-state index is -4.08. The molecule has 0 radical (unpaired) electrons. The molecule has 0 saturated heterocycles. The van der Waals surface area contributed by atoms with Crippen LogP contribution in [-0.2, 0) is 37.3 Å². The van der Waals surface area contributed by atoms with Gasteiger partial charge in [-0.1, -0.05) is 51.4 Å². The quantitative estimate of drug-likeness (QED) is 0.131. The van der Waals surface area contributed by atoms with Gasteiger partial charge in [0.05, 0.1) is 39.6 Å². The molecule has 0 aromatic rings. The largest absolute Gasteiger partial charge is 0.756 e. The van der Waals surface area contributed by atoms with Crippen molar-refractivity contribution in [3.05, 3.63) is 0 Å². The smallest absolute Gasteiger partial charge is 0.407 e. The number of methoxy groups -OCH3 is 2. The molecule has 0 aromatic carbocycles. The van der Waals surface area contributed by atoms with Crippen LogP contribution >= 0.6 is 7.82 Å². The molecule has 210 valence electrons. The number of carbonyl (C=O) groups is 1. The second kappa shape index (κ2) is 24.9. The SMILES string of the molecule is COCCOCC(COC(=O)NCCCCCCCCCCCCOP(=O)([O-])OC)OCCOC. The van der Waals surface area contributed by atoms with Crippen LogP contribution in [0.1, 0.15) is 64.2 Å². The van der Waals surface area contributed by atoms with Crippen molar-refractivity contribution < 1.29 is 47.0 Å². The maximum absolute atomic E-state index is 11.9. The molecular weight excluding hydrogens is 481 g/mol. The molecule has 0 fully saturated rings. The van der Waals surface area contributed by atoms with Crippen molar-refractivity contribution >= 4 is 13.9 Å². The molecule has 35 heavy (non-hydrogen) atoms. The van der Waals surface area contributed by atoms with Gasteiger partial charge in [0.25, 0.3) is 7.82 Å². The first-order valence-electron chi connectivity index (χ1n) is 12.5. The lowest BCUT2D eigenvalue weighted by Crippen LogP contribution is -2.33. The number of ether oxygens (including phenoxy) is 5. The van der Waals surface area contributed by atoms with E-state index in [2.05, 4.69) is 14.4 Å². The number of hydrogen-bond acceptors (Lipinski definition) is 10. The summed E-state index contributed by atoms with van der Waals surface area (Å²) in [5.41, 5.74) is 0. The van der Waals surface area contributed by atoms with Gasteiger partial charge >= 0.3 is 6.09 Å². The van der Waals surface area contributed by atoms with Crippen LogP contribution in [0.5, 0.6) is 0 Å². The first kappa shape index (κ1) is 34.2. The number of hydrogen-bond donors (Lipinski definition) is 1. The highest BCUT2D eigenvalue weighted by atomic mass is 31.2. The molecule has 0 bridgehead atoms. The molecule has 1 N–H and O–H groups in total. The molecule has 0 saturated carbocycles. The van der Waals surface area contributed by atoms with Crippen molar-refractivity contribution in [3.63, 3.8) is 0 Å². The molecule has 11 nitrogen and oxygen atoms in total. The highest BCUT2D eigenvalue weighted by Crippen LogP contribution is 2.36. The van der Waals surface area contributed by atoms with E-state index in [1.807, 2.05) is 0 Å². The highest BCUT2D eigenvalue weighted by molar-refractivity contribution is 7.45. The third-order valence-corrected chi connectivity index (χ3v) is 6.04. The lowest BCUT2D eigenvalue weighted by Gasteiger charge is -2.19. The van der Waals surface area contributed by atoms with Gasteiger partial charge in [-0.3, -0.25) is 4.57 Å². The van der Waals surface area contributed by atoms with Gasteiger partial charge < -0.3 is 42.9 Å². The number of phosphoric acid groups is 1. The van der Waals surface area contributed by atoms with E-state index in [4.69, 9.17) is 23.7 Å². The summed E-state index contributed by atoms with van der Waals surface area (Å²) in [6.07, 6.45) is 9.70. The van der Waals surface area contributed by atoms with Gasteiger partial charge in [-0.05, 0) is 12.8 Å². The Bertz CT molecular complexity index is 527. The molecule has 0 aliphatic heterocycles. The summed E-state index contributed by atoms with van der Waals surface area (Å²) in [7, 11) is 0.224. The molecule has 0 aromatic heterocycles. The zero-order chi connectivity index (χ0) is 26.0. The topological polar surface area (TPSA) is 134 Å². The Kier molecular flexibility index (Phi) is 24.3. The molecule has 1 amide bonds. The molecule has 2 atom stereocenters. The van der Waals surface area contributed by atoms with Gasteiger partial charge in [-0.15, -0.1) is 0 Å². The number of alkyl carbamates (subject to hydrolysis) is 1. The first-order valence-corrected chi connectivity index (χ1v) is 14.0. The van der Waals surface area contributed by atoms with Crippen molar-refractivity contribution in [2.45, 2.75) is 70.3 Å². The Morgan fingerprint density at radius 2 is 1.34 bits per heavy atom. The summed E-state index contributed by atoms with van der Waals surface area (Å²) in [6.45, 7) is 2.99. The van der Waals surface area contributed by atoms with Crippen molar-refractivity contribution in [1.29, 1.82) is 0 Å². The molecule has 0 spiro atoms. The Labute approximate surface area is 211 Å². The maximum Gasteiger partial charge on any atom is 0.407 e. The van der Waals surface area contributed by atoms with Gasteiger partial charge in [-0.2, -0.15) is 0 Å². The molecule has 0 aliphatic rings. The van der Waals surface area contributed by atoms with E-state index in [1.165, 1.54) is 19.3 Å². The predicted molar refractivity (Wildman–Crippen MR) is 130 cm³/mol. The number of phosphoric ester groups is 1. The summed E-state index contributed by atoms with van der Waals surface area (Å²) < 4.78 is 46.2. The van der Waals surface area contributed by atoms with Gasteiger partial charge in [0.2, 0.25) is 0 Å². The molecule has 0 heterocycles. The van der Waals surface area contributed by atoms with Crippen LogP contribution in [0.15, 0.2) is 0 Å². The van der Waals surface area contributed by atoms with Crippen molar-refractivity contribution in [3.8, 4) is 0 Å². The number of nitrogens with one attached hydrogen (secondary N) is 1. The minimum Gasteiger partial charge on any atom is -0.756 e. The minimum absolute atomic E-state index is 0.113. The van der Waals surface area contributed by atoms with Gasteiger partial charge in [0.1, 0.15) is 12.7 Å². The van der Waals surface area contributed by atoms with E-state index in [-0.39, 0.29) is 19.3 Å². The zero-order valence-electron chi connectivity index (χ0n) is 21.8. The number of unbranched alkanes of at least 4 members (excludes halogenated alkanes) is 9. The lowest BCUT2D eigenvalue weighted by atomic mass is 10.1. The predicted octanol–water partition coefficient (Wildman–Crippen LogP) is 3.44. The fourth-order valence-corrected chi connectivity index (χ4v) is 3.54. The number of amides is 1. The van der Waals surface area contributed by atoms with Gasteiger partial charge in [-0.25, -0.2) is 4.79 Å². The maximum atomic E-state index is 11.9. The van der Waals surface area contributed by atoms with Crippen LogP contribution in [0, 0.1) is 0 Å². The Morgan fingerprint density at radius 3 is 1.94 bits per heavy atom. The van der Waals surface area contributed by atoms with Gasteiger partial charge in [0, 0.05) is 27.9 Å². The summed E-state index contributed by atoms with van der Waals surface area (Å²) in [6, 6.07) is 0. The zero-order valence-corrected chi connectivity index (χ0v) is 22.7. The molecular formula is C23H47NO10P-. The van der Waals surface area contributed by atoms with Crippen LogP contribution < -0.4 is 10.2 Å². The summed E-state index contributed by atoms with van der Waals surface area (Å²) >= 11 is 0. The van der Waals surface area contributed by atoms with Gasteiger partial charge in [0.15, 0.2) is 0 Å². The fraction of sp³-hybridized carbons (Fsp3) is 0.957. The van der Waals surface area contributed by atoms with E-state index in [9.17, 15) is 14.3 Å². The summed E-state index contributed by atoms with van der Waals surface area (Å²) in [5.74, 6) is 0. The third kappa shape index (κ3) is 24.7. The Balaban J connectivity index is 3.57. The van der Waals surface area contributed by atoms with Crippen molar-refractivity contribution in [2.75, 3.05) is 74.1 Å². The molecule has 0 aliphatic carbocycles. The average molecular weight is 529 g/mol. The van der Waals surface area contributed by atoms with Crippen LogP contribution in [0.25, 0.3) is 0 Å². The van der Waals surface area contributed by atoms with E-state index in [0.29, 0.717) is 46.0 Å². The molecule has 12 heteroatoms. The van der Waals surface area contributed by atoms with E-state index < -0.39 is 13.9 Å². The number of rotatable bonds is 26. The van der Waals surface area contributed by atoms with E-state index in [1.54, 1.807) is 14.2 Å². The third-order valence-electron chi connectivity index (χ3n) is 5.09. The monoisotopic (exact) mass is 528 g/mol. The molecule has 2 unspecified atom stereocenters. The van der Waals surface area contributed by atoms with Crippen molar-refractivity contribution in [1.82, 2.24) is 5.32 Å².